The van der Waals surface area contributed by atoms with Crippen molar-refractivity contribution in [3.05, 3.63) is 35.7 Å². The molecule has 0 aliphatic carbocycles. The predicted molar refractivity (Wildman–Crippen MR) is 100 cm³/mol. The highest BCUT2D eigenvalue weighted by molar-refractivity contribution is 6.03. The van der Waals surface area contributed by atoms with Crippen molar-refractivity contribution in [2.24, 2.45) is 5.92 Å². The summed E-state index contributed by atoms with van der Waals surface area (Å²) in [5.74, 6) is -0.0373. The van der Waals surface area contributed by atoms with E-state index in [1.165, 1.54) is 7.11 Å². The van der Waals surface area contributed by atoms with E-state index >= 15 is 0 Å². The number of amides is 2. The van der Waals surface area contributed by atoms with Crippen LogP contribution in [-0.4, -0.2) is 42.5 Å². The van der Waals surface area contributed by atoms with Crippen LogP contribution in [0.25, 0.3) is 0 Å². The van der Waals surface area contributed by atoms with Crippen LogP contribution in [0.15, 0.2) is 24.3 Å². The summed E-state index contributed by atoms with van der Waals surface area (Å²) in [6.07, 6.45) is 0.160. The van der Waals surface area contributed by atoms with Gasteiger partial charge in [-0.2, -0.15) is 9.97 Å². The monoisotopic (exact) mass is 370 g/mol. The minimum absolute atomic E-state index is 0.0836. The first-order chi connectivity index (χ1) is 12.9. The molecular formula is C19H22N4O4. The largest absolute Gasteiger partial charge is 0.497 e. The number of nitrogens with zero attached hydrogens (tertiary/aromatic N) is 3. The Bertz CT molecular complexity index is 844. The summed E-state index contributed by atoms with van der Waals surface area (Å²) < 4.78 is 10.2. The molecule has 8 nitrogen and oxygen atoms in total. The van der Waals surface area contributed by atoms with E-state index in [2.05, 4.69) is 15.3 Å². The van der Waals surface area contributed by atoms with Crippen LogP contribution in [-0.2, 0) is 9.59 Å². The van der Waals surface area contributed by atoms with Gasteiger partial charge in [-0.3, -0.25) is 9.59 Å². The number of carbonyl (C=O) groups excluding carboxylic acids is 2. The third-order valence-electron chi connectivity index (χ3n) is 4.56. The number of benzene rings is 1. The lowest BCUT2D eigenvalue weighted by molar-refractivity contribution is -0.122. The van der Waals surface area contributed by atoms with Gasteiger partial charge >= 0.3 is 6.01 Å². The summed E-state index contributed by atoms with van der Waals surface area (Å²) in [6.45, 7) is 3.87. The van der Waals surface area contributed by atoms with Gasteiger partial charge in [0.15, 0.2) is 0 Å². The molecule has 1 atom stereocenters. The fourth-order valence-electron chi connectivity index (χ4n) is 3.08. The van der Waals surface area contributed by atoms with E-state index in [-0.39, 0.29) is 24.2 Å². The zero-order valence-electron chi connectivity index (χ0n) is 15.8. The Labute approximate surface area is 157 Å². The lowest BCUT2D eigenvalue weighted by Gasteiger charge is -2.17. The van der Waals surface area contributed by atoms with Gasteiger partial charge in [-0.05, 0) is 38.1 Å². The fourth-order valence-corrected chi connectivity index (χ4v) is 3.08. The summed E-state index contributed by atoms with van der Waals surface area (Å²) in [7, 11) is 3.08. The Morgan fingerprint density at radius 2 is 1.74 bits per heavy atom. The normalized spacial score (nSPS) is 16.4. The van der Waals surface area contributed by atoms with Crippen LogP contribution in [0.3, 0.4) is 0 Å². The summed E-state index contributed by atoms with van der Waals surface area (Å²) in [6, 6.07) is 7.45. The van der Waals surface area contributed by atoms with Gasteiger partial charge in [-0.1, -0.05) is 0 Å². The van der Waals surface area contributed by atoms with Gasteiger partial charge in [0.2, 0.25) is 11.8 Å². The highest BCUT2D eigenvalue weighted by atomic mass is 16.5. The molecule has 8 heteroatoms. The second-order valence-electron chi connectivity index (χ2n) is 6.35. The second-order valence-corrected chi connectivity index (χ2v) is 6.35. The average molecular weight is 370 g/mol. The molecule has 1 aromatic heterocycles. The van der Waals surface area contributed by atoms with E-state index in [9.17, 15) is 9.59 Å². The van der Waals surface area contributed by atoms with Gasteiger partial charge in [-0.15, -0.1) is 0 Å². The van der Waals surface area contributed by atoms with Crippen LogP contribution in [0, 0.1) is 19.8 Å². The van der Waals surface area contributed by atoms with E-state index < -0.39 is 5.92 Å². The van der Waals surface area contributed by atoms with E-state index in [0.29, 0.717) is 29.4 Å². The van der Waals surface area contributed by atoms with E-state index in [0.717, 1.165) is 5.69 Å². The molecular weight excluding hydrogens is 348 g/mol. The van der Waals surface area contributed by atoms with Crippen molar-refractivity contribution >= 4 is 23.2 Å². The third-order valence-corrected chi connectivity index (χ3v) is 4.56. The predicted octanol–water partition coefficient (Wildman–Crippen LogP) is 2.10. The van der Waals surface area contributed by atoms with Crippen LogP contribution in [0.5, 0.6) is 11.8 Å². The molecule has 1 aliphatic rings. The number of aryl methyl sites for hydroxylation is 2. The molecule has 0 saturated carbocycles. The second kappa shape index (κ2) is 7.61. The molecule has 142 valence electrons. The van der Waals surface area contributed by atoms with Crippen molar-refractivity contribution in [2.75, 3.05) is 31.0 Å². The lowest BCUT2D eigenvalue weighted by atomic mass is 10.1. The Kier molecular flexibility index (Phi) is 5.25. The van der Waals surface area contributed by atoms with Crippen LogP contribution < -0.4 is 19.7 Å². The number of nitrogens with one attached hydrogen (secondary N) is 1. The molecule has 2 amide bonds. The topological polar surface area (TPSA) is 93.7 Å². The minimum Gasteiger partial charge on any atom is -0.497 e. The van der Waals surface area contributed by atoms with Gasteiger partial charge in [-0.25, -0.2) is 0 Å². The van der Waals surface area contributed by atoms with Crippen molar-refractivity contribution in [3.8, 4) is 11.8 Å². The first-order valence-corrected chi connectivity index (χ1v) is 8.57. The molecule has 1 N–H and O–H groups in total. The van der Waals surface area contributed by atoms with Crippen LogP contribution in [0.4, 0.5) is 11.4 Å². The molecule has 0 radical (unpaired) electrons. The van der Waals surface area contributed by atoms with E-state index in [1.54, 1.807) is 38.0 Å². The number of anilines is 2. The summed E-state index contributed by atoms with van der Waals surface area (Å²) in [4.78, 5) is 35.1. The van der Waals surface area contributed by atoms with Gasteiger partial charge in [0.05, 0.1) is 37.2 Å². The third kappa shape index (κ3) is 3.84. The molecule has 2 heterocycles. The molecule has 27 heavy (non-hydrogen) atoms. The standard InChI is InChI=1S/C19H22N4O4/c1-11-17(12(2)21-19(20-11)27-4)22-18(25)13-9-16(24)23(10-13)14-5-7-15(26-3)8-6-14/h5-8,13H,9-10H2,1-4H3,(H,22,25). The van der Waals surface area contributed by atoms with Gasteiger partial charge in [0.25, 0.3) is 0 Å². The SMILES string of the molecule is COc1ccc(N2CC(C(=O)Nc3c(C)nc(OC)nc3C)CC2=O)cc1. The summed E-state index contributed by atoms with van der Waals surface area (Å²) >= 11 is 0. The zero-order valence-corrected chi connectivity index (χ0v) is 15.8. The Morgan fingerprint density at radius 1 is 1.11 bits per heavy atom. The molecule has 1 unspecified atom stereocenters. The highest BCUT2D eigenvalue weighted by Gasteiger charge is 2.35. The number of hydrogen-bond acceptors (Lipinski definition) is 6. The van der Waals surface area contributed by atoms with Crippen LogP contribution in [0.1, 0.15) is 17.8 Å². The number of rotatable bonds is 5. The number of methoxy groups -OCH3 is 2. The molecule has 1 aliphatic heterocycles. The first kappa shape index (κ1) is 18.6. The number of aromatic nitrogens is 2. The van der Waals surface area contributed by atoms with E-state index in [4.69, 9.17) is 9.47 Å². The maximum atomic E-state index is 12.7. The molecule has 1 saturated heterocycles. The molecule has 1 fully saturated rings. The van der Waals surface area contributed by atoms with Crippen LogP contribution in [0.2, 0.25) is 0 Å². The molecule has 2 aromatic rings. The number of carbonyl (C=O) groups is 2. The molecule has 0 spiro atoms. The smallest absolute Gasteiger partial charge is 0.316 e. The first-order valence-electron chi connectivity index (χ1n) is 8.57. The maximum absolute atomic E-state index is 12.7. The Morgan fingerprint density at radius 3 is 2.30 bits per heavy atom. The molecule has 1 aromatic carbocycles. The maximum Gasteiger partial charge on any atom is 0.316 e. The van der Waals surface area contributed by atoms with Crippen molar-refractivity contribution < 1.29 is 19.1 Å². The van der Waals surface area contributed by atoms with Crippen molar-refractivity contribution in [3.63, 3.8) is 0 Å². The minimum atomic E-state index is -0.444. The van der Waals surface area contributed by atoms with Crippen molar-refractivity contribution in [2.45, 2.75) is 20.3 Å². The average Bonchev–Trinajstić information content (AvgIpc) is 3.06. The van der Waals surface area contributed by atoms with E-state index in [1.807, 2.05) is 12.1 Å². The highest BCUT2D eigenvalue weighted by Crippen LogP contribution is 2.28. The van der Waals surface area contributed by atoms with Crippen molar-refractivity contribution in [1.82, 2.24) is 9.97 Å². The molecule has 3 rings (SSSR count). The zero-order chi connectivity index (χ0) is 19.6. The quantitative estimate of drug-likeness (QED) is 0.866. The van der Waals surface area contributed by atoms with Crippen molar-refractivity contribution in [1.29, 1.82) is 0 Å². The van der Waals surface area contributed by atoms with Gasteiger partial charge < -0.3 is 19.7 Å². The number of ether oxygens (including phenoxy) is 2. The van der Waals surface area contributed by atoms with Gasteiger partial charge in [0.1, 0.15) is 5.75 Å². The Hall–Kier alpha value is -3.16. The van der Waals surface area contributed by atoms with Gasteiger partial charge in [0, 0.05) is 18.7 Å². The lowest BCUT2D eigenvalue weighted by Crippen LogP contribution is -2.28. The number of hydrogen-bond donors (Lipinski definition) is 1. The Balaban J connectivity index is 1.72. The fraction of sp³-hybridized carbons (Fsp3) is 0.368. The summed E-state index contributed by atoms with van der Waals surface area (Å²) in [5.41, 5.74) is 2.53. The van der Waals surface area contributed by atoms with Crippen LogP contribution >= 0.6 is 0 Å². The summed E-state index contributed by atoms with van der Waals surface area (Å²) in [5, 5.41) is 2.86. The molecule has 0 bridgehead atoms.